The SMILES string of the molecule is O=C1[C@H](Cc2c(Cl)cc(-c3ccc4nonc4c3)cc2Cl)CCN1C1CCc2nc[nH]c2C1. The van der Waals surface area contributed by atoms with Crippen LogP contribution in [0.15, 0.2) is 41.3 Å². The molecule has 7 nitrogen and oxygen atoms in total. The number of rotatable bonds is 4. The minimum Gasteiger partial charge on any atom is -0.348 e. The number of fused-ring (bicyclic) bond motifs is 2. The van der Waals surface area contributed by atoms with Gasteiger partial charge in [0, 0.05) is 40.7 Å². The maximum absolute atomic E-state index is 13.3. The number of aromatic amines is 1. The number of nitrogens with one attached hydrogen (secondary N) is 1. The first kappa shape index (κ1) is 20.7. The van der Waals surface area contributed by atoms with E-state index in [9.17, 15) is 4.79 Å². The third-order valence-corrected chi connectivity index (χ3v) is 7.61. The summed E-state index contributed by atoms with van der Waals surface area (Å²) in [5.74, 6) is 0.0923. The van der Waals surface area contributed by atoms with Gasteiger partial charge in [0.15, 0.2) is 0 Å². The molecule has 0 spiro atoms. The van der Waals surface area contributed by atoms with Gasteiger partial charge in [0.25, 0.3) is 0 Å². The Morgan fingerprint density at radius 1 is 1.06 bits per heavy atom. The number of carbonyl (C=O) groups is 1. The molecule has 3 heterocycles. The molecule has 33 heavy (non-hydrogen) atoms. The lowest BCUT2D eigenvalue weighted by atomic mass is 9.94. The number of carbonyl (C=O) groups excluding carboxylic acids is 1. The Bertz CT molecular complexity index is 1340. The first-order valence-corrected chi connectivity index (χ1v) is 11.8. The summed E-state index contributed by atoms with van der Waals surface area (Å²) >= 11 is 13.3. The van der Waals surface area contributed by atoms with Crippen molar-refractivity contribution >= 4 is 40.1 Å². The Kier molecular flexibility index (Phi) is 5.11. The third kappa shape index (κ3) is 3.69. The number of aryl methyl sites for hydroxylation is 1. The second kappa shape index (κ2) is 8.15. The third-order valence-electron chi connectivity index (χ3n) is 6.93. The van der Waals surface area contributed by atoms with Crippen LogP contribution in [0.2, 0.25) is 10.0 Å². The van der Waals surface area contributed by atoms with Gasteiger partial charge in [0.05, 0.1) is 12.0 Å². The van der Waals surface area contributed by atoms with Crippen LogP contribution in [0.25, 0.3) is 22.2 Å². The fourth-order valence-electron chi connectivity index (χ4n) is 5.14. The molecule has 1 unspecified atom stereocenters. The van der Waals surface area contributed by atoms with Crippen LogP contribution in [-0.4, -0.2) is 43.7 Å². The van der Waals surface area contributed by atoms with Crippen LogP contribution in [0.5, 0.6) is 0 Å². The molecule has 1 saturated heterocycles. The summed E-state index contributed by atoms with van der Waals surface area (Å²) in [6, 6.07) is 9.69. The summed E-state index contributed by atoms with van der Waals surface area (Å²) in [7, 11) is 0. The van der Waals surface area contributed by atoms with E-state index in [1.165, 1.54) is 0 Å². The van der Waals surface area contributed by atoms with Crippen LogP contribution in [0.3, 0.4) is 0 Å². The van der Waals surface area contributed by atoms with E-state index in [1.807, 2.05) is 35.2 Å². The minimum atomic E-state index is -0.105. The van der Waals surface area contributed by atoms with Crippen molar-refractivity contribution in [3.63, 3.8) is 0 Å². The second-order valence-electron chi connectivity index (χ2n) is 8.83. The van der Waals surface area contributed by atoms with Crippen LogP contribution < -0.4 is 0 Å². The van der Waals surface area contributed by atoms with Crippen LogP contribution in [-0.2, 0) is 24.1 Å². The van der Waals surface area contributed by atoms with E-state index in [0.717, 1.165) is 60.3 Å². The topological polar surface area (TPSA) is 87.9 Å². The van der Waals surface area contributed by atoms with E-state index in [2.05, 4.69) is 20.3 Å². The molecule has 168 valence electrons. The predicted octanol–water partition coefficient (Wildman–Crippen LogP) is 4.87. The number of hydrogen-bond donors (Lipinski definition) is 1. The van der Waals surface area contributed by atoms with Crippen molar-refractivity contribution in [2.75, 3.05) is 6.54 Å². The van der Waals surface area contributed by atoms with Gasteiger partial charge in [-0.15, -0.1) is 0 Å². The molecule has 2 aliphatic rings. The zero-order valence-electron chi connectivity index (χ0n) is 17.7. The van der Waals surface area contributed by atoms with Gasteiger partial charge in [-0.25, -0.2) is 9.61 Å². The Morgan fingerprint density at radius 3 is 2.73 bits per heavy atom. The van der Waals surface area contributed by atoms with Crippen LogP contribution in [0.4, 0.5) is 0 Å². The summed E-state index contributed by atoms with van der Waals surface area (Å²) in [4.78, 5) is 22.9. The van der Waals surface area contributed by atoms with Crippen molar-refractivity contribution in [3.05, 3.63) is 63.7 Å². The van der Waals surface area contributed by atoms with Gasteiger partial charge in [0.1, 0.15) is 11.0 Å². The molecule has 2 atom stereocenters. The molecule has 2 aromatic heterocycles. The average molecular weight is 482 g/mol. The number of nitrogens with zero attached hydrogens (tertiary/aromatic N) is 4. The number of hydrogen-bond acceptors (Lipinski definition) is 5. The van der Waals surface area contributed by atoms with Gasteiger partial charge in [0.2, 0.25) is 5.91 Å². The van der Waals surface area contributed by atoms with Crippen molar-refractivity contribution in [1.29, 1.82) is 0 Å². The zero-order chi connectivity index (χ0) is 22.5. The number of benzene rings is 2. The van der Waals surface area contributed by atoms with E-state index in [4.69, 9.17) is 27.8 Å². The highest BCUT2D eigenvalue weighted by atomic mass is 35.5. The van der Waals surface area contributed by atoms with Crippen LogP contribution >= 0.6 is 23.2 Å². The second-order valence-corrected chi connectivity index (χ2v) is 9.65. The molecule has 2 aromatic carbocycles. The Hall–Kier alpha value is -2.90. The number of H-pyrrole nitrogens is 1. The Morgan fingerprint density at radius 2 is 1.88 bits per heavy atom. The smallest absolute Gasteiger partial charge is 0.226 e. The fraction of sp³-hybridized carbons (Fsp3) is 0.333. The molecule has 1 N–H and O–H groups in total. The van der Waals surface area contributed by atoms with Gasteiger partial charge in [-0.2, -0.15) is 0 Å². The lowest BCUT2D eigenvalue weighted by molar-refractivity contribution is -0.133. The maximum Gasteiger partial charge on any atom is 0.226 e. The molecule has 1 fully saturated rings. The lowest BCUT2D eigenvalue weighted by Gasteiger charge is -2.31. The van der Waals surface area contributed by atoms with E-state index in [1.54, 1.807) is 6.33 Å². The van der Waals surface area contributed by atoms with Gasteiger partial charge in [-0.1, -0.05) is 29.3 Å². The van der Waals surface area contributed by atoms with Gasteiger partial charge in [-0.3, -0.25) is 4.79 Å². The van der Waals surface area contributed by atoms with Crippen molar-refractivity contribution in [2.24, 2.45) is 5.92 Å². The lowest BCUT2D eigenvalue weighted by Crippen LogP contribution is -2.41. The summed E-state index contributed by atoms with van der Waals surface area (Å²) in [6.45, 7) is 0.775. The van der Waals surface area contributed by atoms with Crippen molar-refractivity contribution in [1.82, 2.24) is 25.2 Å². The normalized spacial score (nSPS) is 20.5. The van der Waals surface area contributed by atoms with Gasteiger partial charge in [-0.05, 0) is 77.0 Å². The maximum atomic E-state index is 13.3. The number of likely N-dealkylation sites (tertiary alicyclic amines) is 1. The summed E-state index contributed by atoms with van der Waals surface area (Å²) < 4.78 is 4.78. The number of imidazole rings is 1. The molecular weight excluding hydrogens is 461 g/mol. The summed E-state index contributed by atoms with van der Waals surface area (Å²) in [5.41, 5.74) is 6.29. The number of amides is 1. The van der Waals surface area contributed by atoms with Crippen molar-refractivity contribution in [2.45, 2.75) is 38.1 Å². The largest absolute Gasteiger partial charge is 0.348 e. The highest BCUT2D eigenvalue weighted by Gasteiger charge is 2.38. The van der Waals surface area contributed by atoms with Crippen molar-refractivity contribution in [3.8, 4) is 11.1 Å². The first-order valence-electron chi connectivity index (χ1n) is 11.1. The first-order chi connectivity index (χ1) is 16.1. The predicted molar refractivity (Wildman–Crippen MR) is 125 cm³/mol. The molecule has 4 aromatic rings. The highest BCUT2D eigenvalue weighted by Crippen LogP contribution is 2.36. The Labute approximate surface area is 200 Å². The molecule has 1 aliphatic carbocycles. The molecular formula is C24H21Cl2N5O2. The molecule has 0 bridgehead atoms. The van der Waals surface area contributed by atoms with E-state index < -0.39 is 0 Å². The standard InChI is InChI=1S/C24H21Cl2N5O2/c25-18-8-15(13-1-3-21-23(10-13)30-33-29-21)9-19(26)17(18)7-14-5-6-31(24(14)32)16-2-4-20-22(11-16)28-12-27-20/h1,3,8-10,12,14,16H,2,4-7,11H2,(H,27,28)/t14-,16?/m0/s1. The summed E-state index contributed by atoms with van der Waals surface area (Å²) in [6.07, 6.45) is 5.81. The Balaban J connectivity index is 1.20. The van der Waals surface area contributed by atoms with Gasteiger partial charge >= 0.3 is 0 Å². The monoisotopic (exact) mass is 481 g/mol. The zero-order valence-corrected chi connectivity index (χ0v) is 19.2. The molecule has 9 heteroatoms. The van der Waals surface area contributed by atoms with E-state index in [0.29, 0.717) is 27.5 Å². The highest BCUT2D eigenvalue weighted by molar-refractivity contribution is 6.36. The molecule has 6 rings (SSSR count). The van der Waals surface area contributed by atoms with E-state index in [-0.39, 0.29) is 17.9 Å². The minimum absolute atomic E-state index is 0.105. The number of halogens is 2. The van der Waals surface area contributed by atoms with Crippen LogP contribution in [0.1, 0.15) is 29.8 Å². The average Bonchev–Trinajstić information content (AvgIpc) is 3.55. The number of aromatic nitrogens is 4. The fourth-order valence-corrected chi connectivity index (χ4v) is 5.78. The quantitative estimate of drug-likeness (QED) is 0.449. The van der Waals surface area contributed by atoms with Gasteiger partial charge < -0.3 is 9.88 Å². The molecule has 0 radical (unpaired) electrons. The summed E-state index contributed by atoms with van der Waals surface area (Å²) in [5, 5.41) is 8.88. The molecule has 1 amide bonds. The molecule has 0 saturated carbocycles. The van der Waals surface area contributed by atoms with E-state index >= 15 is 0 Å². The molecule has 1 aliphatic heterocycles. The van der Waals surface area contributed by atoms with Crippen molar-refractivity contribution < 1.29 is 9.42 Å². The van der Waals surface area contributed by atoms with Crippen LogP contribution in [0, 0.1) is 5.92 Å².